The number of nitriles is 2. The van der Waals surface area contributed by atoms with Crippen molar-refractivity contribution in [2.24, 2.45) is 5.41 Å². The molecule has 1 atom stereocenters. The lowest BCUT2D eigenvalue weighted by Crippen LogP contribution is -2.55. The zero-order valence-electron chi connectivity index (χ0n) is 13.6. The van der Waals surface area contributed by atoms with E-state index in [0.29, 0.717) is 0 Å². The first kappa shape index (κ1) is 20.1. The summed E-state index contributed by atoms with van der Waals surface area (Å²) >= 11 is 0. The molecule has 21 heavy (non-hydrogen) atoms. The molecule has 0 aliphatic rings. The van der Waals surface area contributed by atoms with Gasteiger partial charge in [-0.25, -0.2) is 0 Å². The monoisotopic (exact) mass is 317 g/mol. The van der Waals surface area contributed by atoms with E-state index in [1.165, 1.54) is 27.7 Å². The Morgan fingerprint density at radius 3 is 1.71 bits per heavy atom. The molecule has 120 valence electrons. The van der Waals surface area contributed by atoms with Crippen LogP contribution >= 0.6 is 7.60 Å². The second-order valence-electron chi connectivity index (χ2n) is 7.01. The maximum atomic E-state index is 11.9. The van der Waals surface area contributed by atoms with Gasteiger partial charge in [-0.15, -0.1) is 0 Å². The highest BCUT2D eigenvalue weighted by Gasteiger charge is 2.52. The SMILES string of the molecule is CC(C)(C#N)ON(C(C(C)(C)C#N)P(=O)(O)O)C(C)(C)C. The smallest absolute Gasteiger partial charge is 0.323 e. The van der Waals surface area contributed by atoms with Crippen LogP contribution in [0.1, 0.15) is 48.5 Å². The van der Waals surface area contributed by atoms with Crippen molar-refractivity contribution in [2.45, 2.75) is 65.4 Å². The van der Waals surface area contributed by atoms with Crippen molar-refractivity contribution in [3.63, 3.8) is 0 Å². The molecule has 0 radical (unpaired) electrons. The molecule has 0 amide bonds. The number of hydrogen-bond acceptors (Lipinski definition) is 5. The standard InChI is InChI=1S/C13H24N3O4P/c1-11(2,3)16(20-13(6,7)9-15)10(21(17,18)19)12(4,5)8-14/h10H,1-7H3,(H2,17,18,19). The molecule has 0 aliphatic carbocycles. The zero-order chi connectivity index (χ0) is 17.3. The van der Waals surface area contributed by atoms with Crippen molar-refractivity contribution in [1.29, 1.82) is 10.5 Å². The summed E-state index contributed by atoms with van der Waals surface area (Å²) in [5.74, 6) is -1.50. The Morgan fingerprint density at radius 1 is 1.05 bits per heavy atom. The van der Waals surface area contributed by atoms with Gasteiger partial charge in [0.1, 0.15) is 0 Å². The third-order valence-corrected chi connectivity index (χ3v) is 4.22. The molecule has 0 aliphatic heterocycles. The summed E-state index contributed by atoms with van der Waals surface area (Å²) in [6, 6.07) is 3.83. The van der Waals surface area contributed by atoms with Crippen molar-refractivity contribution in [1.82, 2.24) is 5.06 Å². The van der Waals surface area contributed by atoms with Crippen LogP contribution in [0.2, 0.25) is 0 Å². The molecule has 8 heteroatoms. The normalized spacial score (nSPS) is 15.4. The number of hydrogen-bond donors (Lipinski definition) is 2. The molecule has 7 nitrogen and oxygen atoms in total. The van der Waals surface area contributed by atoms with Crippen molar-refractivity contribution < 1.29 is 19.2 Å². The highest BCUT2D eigenvalue weighted by atomic mass is 31.2. The average Bonchev–Trinajstić information content (AvgIpc) is 2.24. The van der Waals surface area contributed by atoms with Crippen LogP contribution in [0.4, 0.5) is 0 Å². The predicted molar refractivity (Wildman–Crippen MR) is 77.6 cm³/mol. The summed E-state index contributed by atoms with van der Waals surface area (Å²) in [5.41, 5.74) is -3.49. The molecule has 0 spiro atoms. The van der Waals surface area contributed by atoms with Crippen LogP contribution in [-0.4, -0.2) is 31.8 Å². The molecular formula is C13H24N3O4P. The minimum atomic E-state index is -4.69. The van der Waals surface area contributed by atoms with Crippen molar-refractivity contribution in [2.75, 3.05) is 0 Å². The molecule has 0 fully saturated rings. The molecular weight excluding hydrogens is 293 g/mol. The maximum absolute atomic E-state index is 11.9. The quantitative estimate of drug-likeness (QED) is 0.590. The summed E-state index contributed by atoms with van der Waals surface area (Å²) in [6.45, 7) is 10.9. The van der Waals surface area contributed by atoms with Gasteiger partial charge in [-0.05, 0) is 48.5 Å². The predicted octanol–water partition coefficient (Wildman–Crippen LogP) is 2.37. The molecule has 2 N–H and O–H groups in total. The largest absolute Gasteiger partial charge is 0.346 e. The molecule has 0 saturated heterocycles. The van der Waals surface area contributed by atoms with Gasteiger partial charge in [-0.3, -0.25) is 9.40 Å². The molecule has 0 aromatic heterocycles. The van der Waals surface area contributed by atoms with Crippen molar-refractivity contribution in [3.05, 3.63) is 0 Å². The first-order valence-electron chi connectivity index (χ1n) is 6.45. The third kappa shape index (κ3) is 5.39. The Balaban J connectivity index is 6.06. The topological polar surface area (TPSA) is 118 Å². The lowest BCUT2D eigenvalue weighted by molar-refractivity contribution is -0.275. The first-order valence-corrected chi connectivity index (χ1v) is 8.13. The van der Waals surface area contributed by atoms with E-state index >= 15 is 0 Å². The molecule has 0 aromatic rings. The maximum Gasteiger partial charge on any atom is 0.346 e. The van der Waals surface area contributed by atoms with Gasteiger partial charge in [0.15, 0.2) is 11.4 Å². The van der Waals surface area contributed by atoms with E-state index in [0.717, 1.165) is 5.06 Å². The van der Waals surface area contributed by atoms with Crippen LogP contribution in [0.3, 0.4) is 0 Å². The zero-order valence-corrected chi connectivity index (χ0v) is 14.5. The summed E-state index contributed by atoms with van der Waals surface area (Å²) in [5, 5.41) is 19.4. The Hall–Kier alpha value is -0.950. The Labute approximate surface area is 126 Å². The van der Waals surface area contributed by atoms with Crippen LogP contribution in [0.5, 0.6) is 0 Å². The molecule has 0 saturated carbocycles. The van der Waals surface area contributed by atoms with Crippen LogP contribution in [0, 0.1) is 28.1 Å². The lowest BCUT2D eigenvalue weighted by atomic mass is 9.93. The van der Waals surface area contributed by atoms with Crippen LogP contribution in [-0.2, 0) is 9.40 Å². The van der Waals surface area contributed by atoms with Gasteiger partial charge in [0.25, 0.3) is 0 Å². The van der Waals surface area contributed by atoms with E-state index in [1.54, 1.807) is 20.8 Å². The summed E-state index contributed by atoms with van der Waals surface area (Å²) < 4.78 is 11.9. The highest BCUT2D eigenvalue weighted by molar-refractivity contribution is 7.52. The average molecular weight is 317 g/mol. The Bertz CT molecular complexity index is 505. The van der Waals surface area contributed by atoms with Gasteiger partial charge in [-0.1, -0.05) is 0 Å². The first-order chi connectivity index (χ1) is 9.08. The molecule has 0 rings (SSSR count). The van der Waals surface area contributed by atoms with Crippen LogP contribution < -0.4 is 0 Å². The van der Waals surface area contributed by atoms with Crippen LogP contribution in [0.15, 0.2) is 0 Å². The fourth-order valence-electron chi connectivity index (χ4n) is 1.73. The van der Waals surface area contributed by atoms with E-state index in [-0.39, 0.29) is 0 Å². The fourth-order valence-corrected chi connectivity index (χ4v) is 3.29. The van der Waals surface area contributed by atoms with E-state index in [4.69, 9.17) is 10.1 Å². The van der Waals surface area contributed by atoms with Crippen LogP contribution in [0.25, 0.3) is 0 Å². The summed E-state index contributed by atoms with van der Waals surface area (Å²) in [6.07, 6.45) is 0. The highest BCUT2D eigenvalue weighted by Crippen LogP contribution is 2.53. The minimum absolute atomic E-state index is 0.825. The van der Waals surface area contributed by atoms with Gasteiger partial charge in [0.2, 0.25) is 0 Å². The van der Waals surface area contributed by atoms with Gasteiger partial charge in [0.05, 0.1) is 17.6 Å². The van der Waals surface area contributed by atoms with Gasteiger partial charge in [-0.2, -0.15) is 15.6 Å². The van der Waals surface area contributed by atoms with E-state index in [2.05, 4.69) is 0 Å². The summed E-state index contributed by atoms with van der Waals surface area (Å²) in [4.78, 5) is 25.0. The Morgan fingerprint density at radius 2 is 1.48 bits per heavy atom. The van der Waals surface area contributed by atoms with E-state index in [1.807, 2.05) is 12.1 Å². The minimum Gasteiger partial charge on any atom is -0.323 e. The third-order valence-electron chi connectivity index (χ3n) is 2.73. The lowest BCUT2D eigenvalue weighted by Gasteiger charge is -2.46. The van der Waals surface area contributed by atoms with E-state index in [9.17, 15) is 19.6 Å². The van der Waals surface area contributed by atoms with Gasteiger partial charge < -0.3 is 9.79 Å². The Kier molecular flexibility index (Phi) is 5.77. The van der Waals surface area contributed by atoms with E-state index < -0.39 is 29.9 Å². The molecule has 0 heterocycles. The van der Waals surface area contributed by atoms with Crippen molar-refractivity contribution in [3.8, 4) is 12.1 Å². The van der Waals surface area contributed by atoms with Gasteiger partial charge in [0, 0.05) is 5.54 Å². The second-order valence-corrected chi connectivity index (χ2v) is 8.67. The molecule has 1 unspecified atom stereocenters. The fraction of sp³-hybridized carbons (Fsp3) is 0.846. The second kappa shape index (κ2) is 6.04. The molecule has 0 bridgehead atoms. The van der Waals surface area contributed by atoms with Gasteiger partial charge >= 0.3 is 7.60 Å². The summed E-state index contributed by atoms with van der Waals surface area (Å²) in [7, 11) is -4.69. The molecule has 0 aromatic carbocycles. The number of rotatable bonds is 5. The number of hydroxylamine groups is 2. The number of nitrogens with zero attached hydrogens (tertiary/aromatic N) is 3. The van der Waals surface area contributed by atoms with Crippen molar-refractivity contribution >= 4 is 7.60 Å².